The van der Waals surface area contributed by atoms with Gasteiger partial charge in [-0.25, -0.2) is 9.78 Å². The lowest BCUT2D eigenvalue weighted by molar-refractivity contribution is -0.144. The van der Waals surface area contributed by atoms with Crippen LogP contribution in [0.15, 0.2) is 12.4 Å². The molecule has 2 atom stereocenters. The molecule has 0 aromatic carbocycles. The third-order valence-electron chi connectivity index (χ3n) is 3.72. The van der Waals surface area contributed by atoms with E-state index in [2.05, 4.69) is 20.6 Å². The highest BCUT2D eigenvalue weighted by Gasteiger charge is 2.30. The Balaban J connectivity index is 1.72. The minimum absolute atomic E-state index is 0.0237. The number of aliphatic carboxylic acids is 1. The SMILES string of the molecule is O=C(NCc1ncc[nH]1)NCC1CCCCC1C(=O)O. The molecule has 0 spiro atoms. The summed E-state index contributed by atoms with van der Waals surface area (Å²) in [6.45, 7) is 0.729. The van der Waals surface area contributed by atoms with E-state index in [1.54, 1.807) is 12.4 Å². The van der Waals surface area contributed by atoms with Crippen LogP contribution in [0, 0.1) is 11.8 Å². The second kappa shape index (κ2) is 6.93. The first-order chi connectivity index (χ1) is 9.66. The third kappa shape index (κ3) is 3.97. The highest BCUT2D eigenvalue weighted by Crippen LogP contribution is 2.29. The molecule has 7 nitrogen and oxygen atoms in total. The number of carbonyl (C=O) groups is 2. The molecule has 2 rings (SSSR count). The van der Waals surface area contributed by atoms with Gasteiger partial charge in [0.2, 0.25) is 0 Å². The predicted molar refractivity (Wildman–Crippen MR) is 71.9 cm³/mol. The summed E-state index contributed by atoms with van der Waals surface area (Å²) in [6.07, 6.45) is 6.86. The second-order valence-electron chi connectivity index (χ2n) is 5.09. The fourth-order valence-corrected chi connectivity index (χ4v) is 2.62. The van der Waals surface area contributed by atoms with Gasteiger partial charge in [0.25, 0.3) is 0 Å². The molecule has 110 valence electrons. The number of H-pyrrole nitrogens is 1. The lowest BCUT2D eigenvalue weighted by Crippen LogP contribution is -2.41. The fraction of sp³-hybridized carbons (Fsp3) is 0.615. The van der Waals surface area contributed by atoms with Gasteiger partial charge >= 0.3 is 12.0 Å². The highest BCUT2D eigenvalue weighted by molar-refractivity contribution is 5.74. The molecular formula is C13H20N4O3. The minimum Gasteiger partial charge on any atom is -0.481 e. The van der Waals surface area contributed by atoms with Crippen LogP contribution in [0.2, 0.25) is 0 Å². The zero-order valence-corrected chi connectivity index (χ0v) is 11.3. The first kappa shape index (κ1) is 14.4. The standard InChI is InChI=1S/C13H20N4O3/c18-12(19)10-4-2-1-3-9(10)7-16-13(20)17-8-11-14-5-6-15-11/h5-6,9-10H,1-4,7-8H2,(H,14,15)(H,18,19)(H2,16,17,20). The third-order valence-corrected chi connectivity index (χ3v) is 3.72. The number of carboxylic acid groups (broad SMARTS) is 1. The van der Waals surface area contributed by atoms with Crippen LogP contribution < -0.4 is 10.6 Å². The molecule has 0 saturated heterocycles. The number of carbonyl (C=O) groups excluding carboxylic acids is 1. The van der Waals surface area contributed by atoms with Gasteiger partial charge in [0.05, 0.1) is 12.5 Å². The molecule has 20 heavy (non-hydrogen) atoms. The van der Waals surface area contributed by atoms with Crippen molar-refractivity contribution in [3.8, 4) is 0 Å². The van der Waals surface area contributed by atoms with Gasteiger partial charge in [-0.1, -0.05) is 12.8 Å². The Bertz CT molecular complexity index is 446. The maximum absolute atomic E-state index is 11.6. The molecule has 7 heteroatoms. The highest BCUT2D eigenvalue weighted by atomic mass is 16.4. The van der Waals surface area contributed by atoms with Crippen LogP contribution in [0.25, 0.3) is 0 Å². The number of nitrogens with zero attached hydrogens (tertiary/aromatic N) is 1. The molecule has 1 aromatic rings. The molecular weight excluding hydrogens is 260 g/mol. The normalized spacial score (nSPS) is 22.2. The van der Waals surface area contributed by atoms with Gasteiger partial charge in [0.1, 0.15) is 5.82 Å². The summed E-state index contributed by atoms with van der Waals surface area (Å²) in [7, 11) is 0. The Morgan fingerprint density at radius 1 is 1.35 bits per heavy atom. The Kier molecular flexibility index (Phi) is 4.97. The molecule has 0 bridgehead atoms. The van der Waals surface area contributed by atoms with E-state index in [1.807, 2.05) is 0 Å². The molecule has 1 saturated carbocycles. The molecule has 1 aromatic heterocycles. The van der Waals surface area contributed by atoms with Crippen molar-refractivity contribution < 1.29 is 14.7 Å². The molecule has 2 unspecified atom stereocenters. The molecule has 1 aliphatic rings. The van der Waals surface area contributed by atoms with E-state index < -0.39 is 5.97 Å². The van der Waals surface area contributed by atoms with Gasteiger partial charge in [-0.15, -0.1) is 0 Å². The van der Waals surface area contributed by atoms with Gasteiger partial charge in [-0.3, -0.25) is 4.79 Å². The summed E-state index contributed by atoms with van der Waals surface area (Å²) >= 11 is 0. The van der Waals surface area contributed by atoms with Crippen LogP contribution in [-0.4, -0.2) is 33.6 Å². The monoisotopic (exact) mass is 280 g/mol. The number of carboxylic acids is 1. The first-order valence-corrected chi connectivity index (χ1v) is 6.89. The van der Waals surface area contributed by atoms with Crippen molar-refractivity contribution in [2.45, 2.75) is 32.2 Å². The summed E-state index contributed by atoms with van der Waals surface area (Å²) in [4.78, 5) is 29.7. The van der Waals surface area contributed by atoms with Crippen molar-refractivity contribution in [2.24, 2.45) is 11.8 Å². The molecule has 4 N–H and O–H groups in total. The zero-order chi connectivity index (χ0) is 14.4. The van der Waals surface area contributed by atoms with Gasteiger partial charge in [0, 0.05) is 18.9 Å². The van der Waals surface area contributed by atoms with Crippen molar-refractivity contribution in [1.29, 1.82) is 0 Å². The van der Waals surface area contributed by atoms with Crippen LogP contribution >= 0.6 is 0 Å². The largest absolute Gasteiger partial charge is 0.481 e. The number of aromatic nitrogens is 2. The minimum atomic E-state index is -0.757. The van der Waals surface area contributed by atoms with Crippen LogP contribution in [0.4, 0.5) is 4.79 Å². The van der Waals surface area contributed by atoms with Crippen LogP contribution in [0.5, 0.6) is 0 Å². The summed E-state index contributed by atoms with van der Waals surface area (Å²) < 4.78 is 0. The van der Waals surface area contributed by atoms with Gasteiger partial charge in [-0.05, 0) is 18.8 Å². The van der Waals surface area contributed by atoms with Crippen LogP contribution in [0.1, 0.15) is 31.5 Å². The van der Waals surface area contributed by atoms with Gasteiger partial charge in [-0.2, -0.15) is 0 Å². The number of nitrogens with one attached hydrogen (secondary N) is 3. The zero-order valence-electron chi connectivity index (χ0n) is 11.3. The van der Waals surface area contributed by atoms with Crippen LogP contribution in [0.3, 0.4) is 0 Å². The summed E-state index contributed by atoms with van der Waals surface area (Å²) in [5, 5.41) is 14.6. The van der Waals surface area contributed by atoms with Crippen molar-refractivity contribution >= 4 is 12.0 Å². The molecule has 0 aliphatic heterocycles. The fourth-order valence-electron chi connectivity index (χ4n) is 2.62. The van der Waals surface area contributed by atoms with E-state index in [0.29, 0.717) is 25.3 Å². The van der Waals surface area contributed by atoms with Crippen molar-refractivity contribution in [1.82, 2.24) is 20.6 Å². The quantitative estimate of drug-likeness (QED) is 0.647. The Morgan fingerprint density at radius 2 is 2.15 bits per heavy atom. The number of rotatable bonds is 5. The summed E-state index contributed by atoms with van der Waals surface area (Å²) in [5.41, 5.74) is 0. The lowest BCUT2D eigenvalue weighted by Gasteiger charge is -2.28. The molecule has 1 fully saturated rings. The maximum Gasteiger partial charge on any atom is 0.315 e. The molecule has 1 aliphatic carbocycles. The number of aromatic amines is 1. The topological polar surface area (TPSA) is 107 Å². The van der Waals surface area contributed by atoms with E-state index in [9.17, 15) is 9.59 Å². The van der Waals surface area contributed by atoms with E-state index in [1.165, 1.54) is 0 Å². The number of imidazole rings is 1. The average molecular weight is 280 g/mol. The molecule has 1 heterocycles. The average Bonchev–Trinajstić information content (AvgIpc) is 2.96. The smallest absolute Gasteiger partial charge is 0.315 e. The number of hydrogen-bond donors (Lipinski definition) is 4. The first-order valence-electron chi connectivity index (χ1n) is 6.89. The summed E-state index contributed by atoms with van der Waals surface area (Å²) in [6, 6.07) is -0.295. The van der Waals surface area contributed by atoms with E-state index >= 15 is 0 Å². The number of urea groups is 1. The van der Waals surface area contributed by atoms with Gasteiger partial charge < -0.3 is 20.7 Å². The Hall–Kier alpha value is -2.05. The maximum atomic E-state index is 11.6. The van der Waals surface area contributed by atoms with E-state index in [0.717, 1.165) is 19.3 Å². The second-order valence-corrected chi connectivity index (χ2v) is 5.09. The van der Waals surface area contributed by atoms with Crippen molar-refractivity contribution in [3.63, 3.8) is 0 Å². The van der Waals surface area contributed by atoms with Crippen LogP contribution in [-0.2, 0) is 11.3 Å². The molecule has 2 amide bonds. The summed E-state index contributed by atoms with van der Waals surface area (Å²) in [5.74, 6) is -0.390. The van der Waals surface area contributed by atoms with Crippen molar-refractivity contribution in [2.75, 3.05) is 6.54 Å². The lowest BCUT2D eigenvalue weighted by atomic mass is 9.79. The predicted octanol–water partition coefficient (Wildman–Crippen LogP) is 1.10. The number of hydrogen-bond acceptors (Lipinski definition) is 3. The van der Waals surface area contributed by atoms with E-state index in [4.69, 9.17) is 5.11 Å². The molecule has 0 radical (unpaired) electrons. The number of amides is 2. The Labute approximate surface area is 117 Å². The van der Waals surface area contributed by atoms with Crippen molar-refractivity contribution in [3.05, 3.63) is 18.2 Å². The van der Waals surface area contributed by atoms with E-state index in [-0.39, 0.29) is 17.9 Å². The Morgan fingerprint density at radius 3 is 2.85 bits per heavy atom. The van der Waals surface area contributed by atoms with Gasteiger partial charge in [0.15, 0.2) is 0 Å².